The van der Waals surface area contributed by atoms with Crippen molar-refractivity contribution in [1.29, 1.82) is 0 Å². The normalized spacial score (nSPS) is 25.2. The minimum Gasteiger partial charge on any atom is -0.457 e. The van der Waals surface area contributed by atoms with Crippen LogP contribution in [0.4, 0.5) is 0 Å². The number of benzene rings is 3. The maximum absolute atomic E-state index is 11.9. The zero-order chi connectivity index (χ0) is 24.5. The molecule has 0 spiro atoms. The van der Waals surface area contributed by atoms with Gasteiger partial charge in [0.15, 0.2) is 24.3 Å². The molecule has 0 aliphatic carbocycles. The summed E-state index contributed by atoms with van der Waals surface area (Å²) in [5.41, 5.74) is 2.03. The Hall–Kier alpha value is -3.03. The molecule has 2 fully saturated rings. The van der Waals surface area contributed by atoms with Crippen molar-refractivity contribution in [2.45, 2.75) is 56.8 Å². The average Bonchev–Trinajstić information content (AvgIpc) is 3.33. The van der Waals surface area contributed by atoms with Gasteiger partial charge in [-0.3, -0.25) is 4.79 Å². The first-order valence-electron chi connectivity index (χ1n) is 11.9. The van der Waals surface area contributed by atoms with Crippen molar-refractivity contribution in [2.24, 2.45) is 0 Å². The third-order valence-electron chi connectivity index (χ3n) is 6.39. The summed E-state index contributed by atoms with van der Waals surface area (Å²) in [6, 6.07) is 30.3. The van der Waals surface area contributed by atoms with E-state index in [4.69, 9.17) is 23.7 Å². The lowest BCUT2D eigenvalue weighted by Gasteiger charge is -2.37. The van der Waals surface area contributed by atoms with Crippen molar-refractivity contribution in [3.05, 3.63) is 108 Å². The molecular formula is C29H30O6. The van der Waals surface area contributed by atoms with Crippen LogP contribution in [0.1, 0.15) is 37.5 Å². The predicted molar refractivity (Wildman–Crippen MR) is 129 cm³/mol. The molecule has 0 radical (unpaired) electrons. The third kappa shape index (κ3) is 4.62. The van der Waals surface area contributed by atoms with E-state index in [2.05, 4.69) is 36.4 Å². The van der Waals surface area contributed by atoms with E-state index in [0.29, 0.717) is 0 Å². The first kappa shape index (κ1) is 23.7. The Labute approximate surface area is 205 Å². The fraction of sp³-hybridized carbons (Fsp3) is 0.345. The molecule has 0 N–H and O–H groups in total. The maximum atomic E-state index is 11.9. The van der Waals surface area contributed by atoms with E-state index in [-0.39, 0.29) is 6.61 Å². The van der Waals surface area contributed by atoms with Crippen molar-refractivity contribution in [1.82, 2.24) is 0 Å². The van der Waals surface area contributed by atoms with Gasteiger partial charge in [-0.1, -0.05) is 91.0 Å². The van der Waals surface area contributed by atoms with E-state index in [1.54, 1.807) is 0 Å². The van der Waals surface area contributed by atoms with Gasteiger partial charge in [-0.25, -0.2) is 0 Å². The highest BCUT2D eigenvalue weighted by Crippen LogP contribution is 2.43. The summed E-state index contributed by atoms with van der Waals surface area (Å²) in [5, 5.41) is 0. The van der Waals surface area contributed by atoms with Crippen molar-refractivity contribution in [3.8, 4) is 0 Å². The average molecular weight is 475 g/mol. The number of esters is 1. The fourth-order valence-electron chi connectivity index (χ4n) is 4.99. The Morgan fingerprint density at radius 2 is 1.31 bits per heavy atom. The van der Waals surface area contributed by atoms with Crippen molar-refractivity contribution < 1.29 is 28.5 Å². The van der Waals surface area contributed by atoms with Gasteiger partial charge in [-0.2, -0.15) is 0 Å². The molecule has 2 aliphatic heterocycles. The zero-order valence-electron chi connectivity index (χ0n) is 20.1. The summed E-state index contributed by atoms with van der Waals surface area (Å²) in [7, 11) is 0. The highest BCUT2D eigenvalue weighted by Gasteiger charge is 2.57. The number of rotatable bonds is 7. The minimum absolute atomic E-state index is 0.150. The topological polar surface area (TPSA) is 63.2 Å². The summed E-state index contributed by atoms with van der Waals surface area (Å²) in [4.78, 5) is 11.9. The third-order valence-corrected chi connectivity index (χ3v) is 6.39. The Morgan fingerprint density at radius 3 is 1.77 bits per heavy atom. The van der Waals surface area contributed by atoms with Crippen LogP contribution in [0.2, 0.25) is 0 Å². The summed E-state index contributed by atoms with van der Waals surface area (Å²) in [6.45, 7) is 5.16. The van der Waals surface area contributed by atoms with Crippen LogP contribution in [0.3, 0.4) is 0 Å². The van der Waals surface area contributed by atoms with Crippen LogP contribution in [-0.2, 0) is 34.1 Å². The van der Waals surface area contributed by atoms with Crippen LogP contribution in [0.25, 0.3) is 0 Å². The first-order chi connectivity index (χ1) is 16.9. The van der Waals surface area contributed by atoms with Crippen LogP contribution in [0.5, 0.6) is 0 Å². The largest absolute Gasteiger partial charge is 0.457 e. The smallest absolute Gasteiger partial charge is 0.303 e. The van der Waals surface area contributed by atoms with Crippen LogP contribution in [-0.4, -0.2) is 43.0 Å². The summed E-state index contributed by atoms with van der Waals surface area (Å²) < 4.78 is 30.7. The second-order valence-electron chi connectivity index (χ2n) is 9.31. The number of ether oxygens (including phenoxy) is 5. The summed E-state index contributed by atoms with van der Waals surface area (Å²) in [5.74, 6) is -1.22. The fourth-order valence-corrected chi connectivity index (χ4v) is 4.99. The number of hydrogen-bond donors (Lipinski definition) is 0. The molecule has 0 bridgehead atoms. The van der Waals surface area contributed by atoms with Gasteiger partial charge in [-0.05, 0) is 30.5 Å². The molecule has 4 atom stereocenters. The molecule has 0 saturated carbocycles. The van der Waals surface area contributed by atoms with Crippen LogP contribution in [0, 0.1) is 0 Å². The van der Waals surface area contributed by atoms with Gasteiger partial charge >= 0.3 is 5.97 Å². The van der Waals surface area contributed by atoms with Gasteiger partial charge in [0.05, 0.1) is 6.61 Å². The Kier molecular flexibility index (Phi) is 6.47. The van der Waals surface area contributed by atoms with Gasteiger partial charge in [0.1, 0.15) is 11.7 Å². The van der Waals surface area contributed by atoms with Gasteiger partial charge < -0.3 is 23.7 Å². The number of hydrogen-bond acceptors (Lipinski definition) is 6. The predicted octanol–water partition coefficient (Wildman–Crippen LogP) is 4.80. The van der Waals surface area contributed by atoms with Crippen molar-refractivity contribution in [2.75, 3.05) is 6.61 Å². The standard InChI is InChI=1S/C29H30O6/c1-20(30)32-25-24(33-27-26(25)34-28(2,3)35-27)19-31-29(21-13-7-4-8-14-21,22-15-9-5-10-16-22)23-17-11-6-12-18-23/h4-18,24-27H,19H2,1-3H3. The zero-order valence-corrected chi connectivity index (χ0v) is 20.1. The van der Waals surface area contributed by atoms with E-state index in [9.17, 15) is 4.79 Å². The monoisotopic (exact) mass is 474 g/mol. The molecule has 3 aromatic rings. The summed E-state index contributed by atoms with van der Waals surface area (Å²) in [6.07, 6.45) is -2.38. The van der Waals surface area contributed by atoms with Gasteiger partial charge in [0.2, 0.25) is 0 Å². The maximum Gasteiger partial charge on any atom is 0.303 e. The van der Waals surface area contributed by atoms with Crippen LogP contribution >= 0.6 is 0 Å². The second kappa shape index (κ2) is 9.55. The minimum atomic E-state index is -0.910. The molecule has 2 aliphatic rings. The van der Waals surface area contributed by atoms with E-state index in [0.717, 1.165) is 16.7 Å². The second-order valence-corrected chi connectivity index (χ2v) is 9.31. The van der Waals surface area contributed by atoms with E-state index in [1.807, 2.05) is 68.4 Å². The lowest BCUT2D eigenvalue weighted by atomic mass is 9.80. The molecule has 182 valence electrons. The van der Waals surface area contributed by atoms with E-state index in [1.165, 1.54) is 6.92 Å². The molecular weight excluding hydrogens is 444 g/mol. The molecule has 2 heterocycles. The molecule has 6 nitrogen and oxygen atoms in total. The number of carbonyl (C=O) groups excluding carboxylic acids is 1. The van der Waals surface area contributed by atoms with Crippen LogP contribution < -0.4 is 0 Å². The Balaban J connectivity index is 1.53. The van der Waals surface area contributed by atoms with Gasteiger partial charge in [0.25, 0.3) is 0 Å². The van der Waals surface area contributed by atoms with E-state index >= 15 is 0 Å². The highest BCUT2D eigenvalue weighted by molar-refractivity contribution is 5.66. The summed E-state index contributed by atoms with van der Waals surface area (Å²) >= 11 is 0. The number of fused-ring (bicyclic) bond motifs is 1. The molecule has 0 amide bonds. The Bertz CT molecular complexity index is 1030. The molecule has 2 saturated heterocycles. The highest BCUT2D eigenvalue weighted by atomic mass is 16.8. The molecule has 4 unspecified atom stereocenters. The molecule has 0 aromatic heterocycles. The quantitative estimate of drug-likeness (QED) is 0.362. The number of carbonyl (C=O) groups is 1. The molecule has 35 heavy (non-hydrogen) atoms. The molecule has 6 heteroatoms. The lowest BCUT2D eigenvalue weighted by Crippen LogP contribution is -2.42. The van der Waals surface area contributed by atoms with Crippen molar-refractivity contribution in [3.63, 3.8) is 0 Å². The van der Waals surface area contributed by atoms with Crippen molar-refractivity contribution >= 4 is 5.97 Å². The Morgan fingerprint density at radius 1 is 0.829 bits per heavy atom. The molecule has 5 rings (SSSR count). The lowest BCUT2D eigenvalue weighted by molar-refractivity contribution is -0.226. The first-order valence-corrected chi connectivity index (χ1v) is 11.9. The van der Waals surface area contributed by atoms with Gasteiger partial charge in [0, 0.05) is 6.92 Å². The SMILES string of the molecule is CC(=O)OC1C(COC(c2ccccc2)(c2ccccc2)c2ccccc2)OC2OC(C)(C)OC21. The van der Waals surface area contributed by atoms with Gasteiger partial charge in [-0.15, -0.1) is 0 Å². The van der Waals surface area contributed by atoms with Crippen LogP contribution in [0.15, 0.2) is 91.0 Å². The molecule has 3 aromatic carbocycles. The van der Waals surface area contributed by atoms with E-state index < -0.39 is 42.0 Å².